The van der Waals surface area contributed by atoms with E-state index in [2.05, 4.69) is 10.4 Å². The van der Waals surface area contributed by atoms with Crippen LogP contribution in [0.1, 0.15) is 21.1 Å². The van der Waals surface area contributed by atoms with Crippen LogP contribution in [0, 0.1) is 11.6 Å². The molecular formula is C20H13F2N3O2S. The predicted octanol–water partition coefficient (Wildman–Crippen LogP) is 3.71. The van der Waals surface area contributed by atoms with E-state index in [-0.39, 0.29) is 5.56 Å². The van der Waals surface area contributed by atoms with E-state index in [0.717, 1.165) is 27.8 Å². The highest BCUT2D eigenvalue weighted by Crippen LogP contribution is 2.15. The largest absolute Gasteiger partial charge is 0.280 e. The van der Waals surface area contributed by atoms with Crippen molar-refractivity contribution in [3.8, 4) is 0 Å². The molecule has 1 N–H and O–H groups in total. The summed E-state index contributed by atoms with van der Waals surface area (Å²) in [6.45, 7) is 0. The number of thiophene rings is 1. The number of benzene rings is 2. The van der Waals surface area contributed by atoms with Crippen molar-refractivity contribution in [1.29, 1.82) is 0 Å². The Balaban J connectivity index is 1.79. The molecule has 140 valence electrons. The molecule has 0 unspecified atom stereocenters. The highest BCUT2D eigenvalue weighted by Gasteiger charge is 2.16. The first-order valence-corrected chi connectivity index (χ1v) is 9.20. The first-order chi connectivity index (χ1) is 13.5. The number of halogens is 2. The summed E-state index contributed by atoms with van der Waals surface area (Å²) in [6, 6.07) is 13.4. The summed E-state index contributed by atoms with van der Waals surface area (Å²) in [4.78, 5) is 30.9. The van der Waals surface area contributed by atoms with Crippen molar-refractivity contribution in [3.63, 3.8) is 0 Å². The highest BCUT2D eigenvalue weighted by atomic mass is 32.1. The second kappa shape index (κ2) is 7.32. The van der Waals surface area contributed by atoms with Crippen LogP contribution in [0.5, 0.6) is 0 Å². The molecule has 0 fully saturated rings. The van der Waals surface area contributed by atoms with Crippen LogP contribution in [-0.2, 0) is 6.42 Å². The maximum Gasteiger partial charge on any atom is 0.280 e. The van der Waals surface area contributed by atoms with Gasteiger partial charge in [0.1, 0.15) is 5.82 Å². The van der Waals surface area contributed by atoms with Crippen molar-refractivity contribution in [2.75, 3.05) is 5.43 Å². The number of para-hydroxylation sites is 1. The van der Waals surface area contributed by atoms with Crippen molar-refractivity contribution >= 4 is 28.1 Å². The molecule has 2 heterocycles. The van der Waals surface area contributed by atoms with Gasteiger partial charge in [0.05, 0.1) is 10.9 Å². The van der Waals surface area contributed by atoms with E-state index >= 15 is 0 Å². The summed E-state index contributed by atoms with van der Waals surface area (Å²) in [5, 5.41) is 2.24. The Morgan fingerprint density at radius 3 is 2.64 bits per heavy atom. The van der Waals surface area contributed by atoms with Crippen molar-refractivity contribution in [2.24, 2.45) is 0 Å². The second-order valence-corrected chi connectivity index (χ2v) is 7.04. The van der Waals surface area contributed by atoms with Crippen LogP contribution >= 0.6 is 11.3 Å². The second-order valence-electron chi connectivity index (χ2n) is 6.01. The van der Waals surface area contributed by atoms with Crippen LogP contribution < -0.4 is 11.0 Å². The average Bonchev–Trinajstić information content (AvgIpc) is 3.20. The summed E-state index contributed by atoms with van der Waals surface area (Å²) < 4.78 is 27.7. The zero-order valence-electron chi connectivity index (χ0n) is 14.4. The van der Waals surface area contributed by atoms with Crippen LogP contribution in [0.3, 0.4) is 0 Å². The normalized spacial score (nSPS) is 10.9. The number of fused-ring (bicyclic) bond motifs is 1. The standard InChI is InChI=1S/C20H13F2N3O2S/c21-15-8-7-12(10-16(15)22)19(26)24-25-18(11-13-4-3-9-28-13)23-17-6-2-1-5-14(17)20(25)27/h1-10H,11H2,(H,24,26). The molecule has 0 aliphatic carbocycles. The van der Waals surface area contributed by atoms with E-state index in [1.165, 1.54) is 11.3 Å². The average molecular weight is 397 g/mol. The van der Waals surface area contributed by atoms with E-state index in [1.807, 2.05) is 17.5 Å². The van der Waals surface area contributed by atoms with E-state index in [1.54, 1.807) is 24.3 Å². The number of hydrogen-bond acceptors (Lipinski definition) is 4. The number of carbonyl (C=O) groups excluding carboxylic acids is 1. The Morgan fingerprint density at radius 2 is 1.89 bits per heavy atom. The smallest absolute Gasteiger partial charge is 0.267 e. The van der Waals surface area contributed by atoms with Gasteiger partial charge in [-0.25, -0.2) is 18.4 Å². The van der Waals surface area contributed by atoms with Crippen molar-refractivity contribution in [3.05, 3.63) is 98.2 Å². The van der Waals surface area contributed by atoms with Gasteiger partial charge in [0.15, 0.2) is 11.6 Å². The molecule has 8 heteroatoms. The van der Waals surface area contributed by atoms with Crippen LogP contribution in [0.15, 0.2) is 64.8 Å². The van der Waals surface area contributed by atoms with Crippen molar-refractivity contribution in [2.45, 2.75) is 6.42 Å². The number of aromatic nitrogens is 2. The molecule has 0 aliphatic heterocycles. The Labute approximate surface area is 161 Å². The Hall–Kier alpha value is -3.39. The van der Waals surface area contributed by atoms with E-state index in [4.69, 9.17) is 0 Å². The Kier molecular flexibility index (Phi) is 4.70. The molecule has 0 saturated carbocycles. The monoisotopic (exact) mass is 397 g/mol. The van der Waals surface area contributed by atoms with Gasteiger partial charge in [-0.2, -0.15) is 0 Å². The lowest BCUT2D eigenvalue weighted by molar-refractivity contribution is 0.101. The molecule has 0 spiro atoms. The number of amides is 1. The number of nitrogens with zero attached hydrogens (tertiary/aromatic N) is 2. The van der Waals surface area contributed by atoms with Gasteiger partial charge in [0, 0.05) is 16.9 Å². The van der Waals surface area contributed by atoms with Crippen LogP contribution in [0.4, 0.5) is 8.78 Å². The molecular weight excluding hydrogens is 384 g/mol. The van der Waals surface area contributed by atoms with Gasteiger partial charge in [-0.1, -0.05) is 18.2 Å². The lowest BCUT2D eigenvalue weighted by Crippen LogP contribution is -2.36. The third-order valence-electron chi connectivity index (χ3n) is 4.15. The zero-order valence-corrected chi connectivity index (χ0v) is 15.2. The number of nitrogens with one attached hydrogen (secondary N) is 1. The lowest BCUT2D eigenvalue weighted by Gasteiger charge is -2.14. The van der Waals surface area contributed by atoms with Crippen LogP contribution in [0.2, 0.25) is 0 Å². The van der Waals surface area contributed by atoms with Gasteiger partial charge < -0.3 is 0 Å². The third-order valence-corrected chi connectivity index (χ3v) is 5.03. The minimum atomic E-state index is -1.14. The SMILES string of the molecule is O=C(Nn1c(Cc2cccs2)nc2ccccc2c1=O)c1ccc(F)c(F)c1. The molecule has 2 aromatic carbocycles. The maximum absolute atomic E-state index is 13.5. The Bertz CT molecular complexity index is 1240. The quantitative estimate of drug-likeness (QED) is 0.571. The summed E-state index contributed by atoms with van der Waals surface area (Å²) in [7, 11) is 0. The van der Waals surface area contributed by atoms with Crippen LogP contribution in [-0.4, -0.2) is 15.6 Å². The third kappa shape index (κ3) is 3.41. The molecule has 2 aromatic heterocycles. The van der Waals surface area contributed by atoms with Crippen LogP contribution in [0.25, 0.3) is 10.9 Å². The molecule has 5 nitrogen and oxygen atoms in total. The fraction of sp³-hybridized carbons (Fsp3) is 0.0500. The first kappa shape index (κ1) is 18.0. The van der Waals surface area contributed by atoms with Gasteiger partial charge in [0.2, 0.25) is 0 Å². The molecule has 0 bridgehead atoms. The van der Waals surface area contributed by atoms with Crippen molar-refractivity contribution in [1.82, 2.24) is 9.66 Å². The lowest BCUT2D eigenvalue weighted by atomic mass is 10.2. The zero-order chi connectivity index (χ0) is 19.7. The minimum Gasteiger partial charge on any atom is -0.267 e. The summed E-state index contributed by atoms with van der Waals surface area (Å²) in [6.07, 6.45) is 0.329. The molecule has 0 aliphatic rings. The first-order valence-electron chi connectivity index (χ1n) is 8.32. The van der Waals surface area contributed by atoms with E-state index in [9.17, 15) is 18.4 Å². The summed E-state index contributed by atoms with van der Waals surface area (Å²) in [5.41, 5.74) is 2.42. The van der Waals surface area contributed by atoms with Gasteiger partial charge >= 0.3 is 0 Å². The fourth-order valence-electron chi connectivity index (χ4n) is 2.79. The molecule has 0 saturated heterocycles. The van der Waals surface area contributed by atoms with E-state index in [0.29, 0.717) is 23.1 Å². The van der Waals surface area contributed by atoms with Gasteiger partial charge in [-0.15, -0.1) is 11.3 Å². The summed E-state index contributed by atoms with van der Waals surface area (Å²) in [5.74, 6) is -2.61. The molecule has 4 aromatic rings. The number of hydrogen-bond donors (Lipinski definition) is 1. The Morgan fingerprint density at radius 1 is 1.07 bits per heavy atom. The number of rotatable bonds is 4. The van der Waals surface area contributed by atoms with Gasteiger partial charge in [-0.3, -0.25) is 15.0 Å². The maximum atomic E-state index is 13.5. The number of carbonyl (C=O) groups is 1. The van der Waals surface area contributed by atoms with Crippen molar-refractivity contribution < 1.29 is 13.6 Å². The molecule has 0 atom stereocenters. The summed E-state index contributed by atoms with van der Waals surface area (Å²) >= 11 is 1.50. The van der Waals surface area contributed by atoms with E-state index < -0.39 is 23.1 Å². The molecule has 1 amide bonds. The molecule has 4 rings (SSSR count). The topological polar surface area (TPSA) is 64.0 Å². The predicted molar refractivity (Wildman–Crippen MR) is 103 cm³/mol. The fourth-order valence-corrected chi connectivity index (χ4v) is 3.49. The molecule has 0 radical (unpaired) electrons. The molecule has 28 heavy (non-hydrogen) atoms. The minimum absolute atomic E-state index is 0.110. The van der Waals surface area contributed by atoms with Gasteiger partial charge in [-0.05, 0) is 41.8 Å². The highest BCUT2D eigenvalue weighted by molar-refractivity contribution is 7.09. The van der Waals surface area contributed by atoms with Gasteiger partial charge in [0.25, 0.3) is 11.5 Å².